The summed E-state index contributed by atoms with van der Waals surface area (Å²) in [7, 11) is -3.83. The van der Waals surface area contributed by atoms with E-state index in [1.54, 1.807) is 13.0 Å². The molecule has 4 aliphatic rings. The highest BCUT2D eigenvalue weighted by Gasteiger charge is 2.63. The van der Waals surface area contributed by atoms with Gasteiger partial charge < -0.3 is 9.47 Å². The van der Waals surface area contributed by atoms with E-state index in [4.69, 9.17) is 13.7 Å². The molecule has 1 aromatic rings. The van der Waals surface area contributed by atoms with E-state index in [0.717, 1.165) is 24.8 Å². The molecule has 0 saturated heterocycles. The molecule has 4 aliphatic carbocycles. The van der Waals surface area contributed by atoms with Crippen LogP contribution >= 0.6 is 0 Å². The van der Waals surface area contributed by atoms with E-state index in [1.807, 2.05) is 32.6 Å². The van der Waals surface area contributed by atoms with E-state index in [1.165, 1.54) is 31.4 Å². The lowest BCUT2D eigenvalue weighted by Gasteiger charge is -2.67. The maximum atomic E-state index is 13.6. The molecule has 1 aromatic carbocycles. The predicted octanol–water partition coefficient (Wildman–Crippen LogP) is 6.09. The van der Waals surface area contributed by atoms with Gasteiger partial charge in [0.2, 0.25) is 0 Å². The molecule has 7 nitrogen and oxygen atoms in total. The summed E-state index contributed by atoms with van der Waals surface area (Å²) in [6, 6.07) is 4.75. The second-order valence-corrected chi connectivity index (χ2v) is 14.7. The highest BCUT2D eigenvalue weighted by Crippen LogP contribution is 2.67. The lowest BCUT2D eigenvalue weighted by molar-refractivity contribution is -0.158. The zero-order valence-electron chi connectivity index (χ0n) is 23.0. The Kier molecular flexibility index (Phi) is 6.95. The van der Waals surface area contributed by atoms with Crippen LogP contribution < -0.4 is 4.74 Å². The summed E-state index contributed by atoms with van der Waals surface area (Å²) < 4.78 is 41.7. The van der Waals surface area contributed by atoms with Gasteiger partial charge in [-0.1, -0.05) is 19.9 Å². The van der Waals surface area contributed by atoms with Crippen molar-refractivity contribution in [2.45, 2.75) is 103 Å². The van der Waals surface area contributed by atoms with Crippen LogP contribution in [-0.4, -0.2) is 50.3 Å². The predicted molar refractivity (Wildman–Crippen MR) is 139 cm³/mol. The Hall–Kier alpha value is -1.80. The topological polar surface area (TPSA) is 82.1 Å². The van der Waals surface area contributed by atoms with Crippen LogP contribution in [0, 0.1) is 23.7 Å². The summed E-state index contributed by atoms with van der Waals surface area (Å²) in [4.78, 5) is 15.6. The van der Waals surface area contributed by atoms with E-state index in [2.05, 4.69) is 13.8 Å². The molecule has 1 amide bonds. The molecule has 202 valence electrons. The molecule has 2 unspecified atom stereocenters. The number of rotatable bonds is 8. The molecule has 8 heteroatoms. The molecule has 2 atom stereocenters. The smallest absolute Gasteiger partial charge is 0.410 e. The Labute approximate surface area is 217 Å². The van der Waals surface area contributed by atoms with Gasteiger partial charge in [0, 0.05) is 11.6 Å². The highest BCUT2D eigenvalue weighted by molar-refractivity contribution is 7.86. The van der Waals surface area contributed by atoms with Crippen LogP contribution in [0.2, 0.25) is 0 Å². The third-order valence-corrected chi connectivity index (χ3v) is 9.45. The summed E-state index contributed by atoms with van der Waals surface area (Å²) in [5.74, 6) is 1.11. The molecule has 4 bridgehead atoms. The first kappa shape index (κ1) is 27.2. The molecular weight excluding hydrogens is 478 g/mol. The molecule has 4 saturated carbocycles. The summed E-state index contributed by atoms with van der Waals surface area (Å²) in [5, 5.41) is 0. The Morgan fingerprint density at radius 2 is 1.72 bits per heavy atom. The number of aryl methyl sites for hydroxylation is 1. The van der Waals surface area contributed by atoms with Crippen molar-refractivity contribution in [3.05, 3.63) is 23.8 Å². The molecule has 0 aliphatic heterocycles. The normalized spacial score (nSPS) is 31.4. The number of nitrogens with zero attached hydrogens (tertiary/aromatic N) is 1. The largest absolute Gasteiger partial charge is 0.491 e. The van der Waals surface area contributed by atoms with E-state index in [-0.39, 0.29) is 40.6 Å². The maximum absolute atomic E-state index is 13.6. The number of benzene rings is 1. The monoisotopic (exact) mass is 521 g/mol. The number of hydrogen-bond acceptors (Lipinski definition) is 6. The van der Waals surface area contributed by atoms with Crippen molar-refractivity contribution in [3.63, 3.8) is 0 Å². The van der Waals surface area contributed by atoms with Gasteiger partial charge >= 0.3 is 6.09 Å². The third kappa shape index (κ3) is 5.54. The minimum Gasteiger partial charge on any atom is -0.491 e. The average Bonchev–Trinajstić information content (AvgIpc) is 2.67. The van der Waals surface area contributed by atoms with Crippen LogP contribution in [0.4, 0.5) is 4.79 Å². The van der Waals surface area contributed by atoms with E-state index < -0.39 is 15.7 Å². The van der Waals surface area contributed by atoms with Gasteiger partial charge in [0.05, 0.1) is 18.0 Å². The van der Waals surface area contributed by atoms with Gasteiger partial charge in [0.1, 0.15) is 18.0 Å². The number of amides is 1. The van der Waals surface area contributed by atoms with Crippen molar-refractivity contribution < 1.29 is 26.9 Å². The lowest BCUT2D eigenvalue weighted by atomic mass is 9.42. The maximum Gasteiger partial charge on any atom is 0.410 e. The number of hydrogen-bond donors (Lipinski definition) is 0. The van der Waals surface area contributed by atoms with Gasteiger partial charge in [-0.3, -0.25) is 9.08 Å². The van der Waals surface area contributed by atoms with Gasteiger partial charge in [-0.25, -0.2) is 4.79 Å². The highest BCUT2D eigenvalue weighted by atomic mass is 32.2. The van der Waals surface area contributed by atoms with Crippen molar-refractivity contribution in [1.82, 2.24) is 4.90 Å². The van der Waals surface area contributed by atoms with Gasteiger partial charge in [0.15, 0.2) is 0 Å². The Bertz CT molecular complexity index is 1090. The minimum atomic E-state index is -3.83. The van der Waals surface area contributed by atoms with Gasteiger partial charge in [0.25, 0.3) is 10.1 Å². The number of carbonyl (C=O) groups is 1. The molecule has 0 heterocycles. The van der Waals surface area contributed by atoms with Crippen molar-refractivity contribution in [3.8, 4) is 5.75 Å². The first-order valence-electron chi connectivity index (χ1n) is 13.2. The molecule has 36 heavy (non-hydrogen) atoms. The van der Waals surface area contributed by atoms with Crippen LogP contribution in [-0.2, 0) is 19.0 Å². The second-order valence-electron chi connectivity index (χ2n) is 13.1. The Balaban J connectivity index is 1.57. The van der Waals surface area contributed by atoms with Gasteiger partial charge in [-0.15, -0.1) is 0 Å². The summed E-state index contributed by atoms with van der Waals surface area (Å²) in [5.41, 5.74) is 0.486. The van der Waals surface area contributed by atoms with E-state index >= 15 is 0 Å². The molecule has 5 rings (SSSR count). The van der Waals surface area contributed by atoms with Crippen LogP contribution in [0.1, 0.15) is 85.6 Å². The molecule has 0 radical (unpaired) electrons. The molecule has 0 spiro atoms. The fourth-order valence-corrected chi connectivity index (χ4v) is 8.82. The molecular formula is C28H43NO6S. The molecule has 0 aromatic heterocycles. The lowest BCUT2D eigenvalue weighted by Crippen LogP contribution is -2.67. The van der Waals surface area contributed by atoms with E-state index in [0.29, 0.717) is 18.2 Å². The van der Waals surface area contributed by atoms with Crippen LogP contribution in [0.3, 0.4) is 0 Å². The zero-order chi connectivity index (χ0) is 26.6. The quantitative estimate of drug-likeness (QED) is 0.385. The van der Waals surface area contributed by atoms with E-state index in [9.17, 15) is 13.2 Å². The summed E-state index contributed by atoms with van der Waals surface area (Å²) in [6.07, 6.45) is 6.41. The number of ether oxygens (including phenoxy) is 2. The van der Waals surface area contributed by atoms with Gasteiger partial charge in [-0.2, -0.15) is 8.42 Å². The first-order chi connectivity index (χ1) is 16.6. The molecule has 0 N–H and O–H groups in total. The Morgan fingerprint density at radius 3 is 2.28 bits per heavy atom. The third-order valence-electron chi connectivity index (χ3n) is 8.08. The minimum absolute atomic E-state index is 0.0656. The van der Waals surface area contributed by atoms with Crippen molar-refractivity contribution in [2.24, 2.45) is 16.7 Å². The summed E-state index contributed by atoms with van der Waals surface area (Å²) >= 11 is 0. The SMILES string of the molecule is CCOS(=O)(=O)c1ccc(C)c(OCCN(C(=O)OC(C)(C)C)C23CC4CC(C)(CC(C)(C4)C2)C3)c1. The van der Waals surface area contributed by atoms with Crippen LogP contribution in [0.15, 0.2) is 23.1 Å². The van der Waals surface area contributed by atoms with Crippen LogP contribution in [0.25, 0.3) is 0 Å². The van der Waals surface area contributed by atoms with Crippen LogP contribution in [0.5, 0.6) is 5.75 Å². The van der Waals surface area contributed by atoms with Gasteiger partial charge in [-0.05, 0) is 102 Å². The van der Waals surface area contributed by atoms with Crippen molar-refractivity contribution >= 4 is 16.2 Å². The zero-order valence-corrected chi connectivity index (χ0v) is 23.8. The van der Waals surface area contributed by atoms with Crippen molar-refractivity contribution in [2.75, 3.05) is 19.8 Å². The second kappa shape index (κ2) is 9.19. The fourth-order valence-electron chi connectivity index (χ4n) is 7.89. The number of carbonyl (C=O) groups excluding carboxylic acids is 1. The van der Waals surface area contributed by atoms with Crippen molar-refractivity contribution in [1.29, 1.82) is 0 Å². The Morgan fingerprint density at radius 1 is 1.08 bits per heavy atom. The first-order valence-corrected chi connectivity index (χ1v) is 14.6. The standard InChI is InChI=1S/C28H43NO6S/c1-8-34-36(31,32)22-10-9-20(2)23(13-22)33-12-11-29(24(30)35-25(3,4)5)28-16-21-14-26(6,18-28)17-27(7,15-21)19-28/h9-10,13,21H,8,11-12,14-19H2,1-7H3. The average molecular weight is 522 g/mol. The molecule has 4 fully saturated rings. The summed E-state index contributed by atoms with van der Waals surface area (Å²) in [6.45, 7) is 14.7. The fraction of sp³-hybridized carbons (Fsp3) is 0.750.